The molecule has 0 bridgehead atoms. The summed E-state index contributed by atoms with van der Waals surface area (Å²) in [7, 11) is -0.593. The third-order valence-electron chi connectivity index (χ3n) is 3.16. The number of rotatable bonds is 3. The van der Waals surface area contributed by atoms with Gasteiger partial charge in [-0.15, -0.1) is 0 Å². The quantitative estimate of drug-likeness (QED) is 0.659. The van der Waals surface area contributed by atoms with Gasteiger partial charge >= 0.3 is 0 Å². The summed E-state index contributed by atoms with van der Waals surface area (Å²) in [6.45, 7) is 6.71. The molecule has 0 aliphatic heterocycles. The lowest BCUT2D eigenvalue weighted by atomic mass is 9.75. The lowest BCUT2D eigenvalue weighted by molar-refractivity contribution is -0.176. The Balaban J connectivity index is 2.50. The van der Waals surface area contributed by atoms with Crippen LogP contribution < -0.4 is 4.89 Å². The lowest BCUT2D eigenvalue weighted by Crippen LogP contribution is -2.33. The first-order chi connectivity index (χ1) is 6.15. The second kappa shape index (κ2) is 5.29. The molecule has 0 spiro atoms. The third kappa shape index (κ3) is 3.19. The van der Waals surface area contributed by atoms with Crippen LogP contribution >= 0.6 is 9.03 Å². The van der Waals surface area contributed by atoms with E-state index in [1.54, 1.807) is 0 Å². The van der Waals surface area contributed by atoms with Gasteiger partial charge in [-0.25, -0.2) is 0 Å². The zero-order chi connectivity index (χ0) is 9.84. The maximum Gasteiger partial charge on any atom is 0.0631 e. The van der Waals surface area contributed by atoms with Gasteiger partial charge in [0.15, 0.2) is 0 Å². The van der Waals surface area contributed by atoms with Crippen LogP contribution in [0.25, 0.3) is 0 Å². The molecule has 78 valence electrons. The van der Waals surface area contributed by atoms with Crippen molar-refractivity contribution in [3.63, 3.8) is 0 Å². The van der Waals surface area contributed by atoms with Gasteiger partial charge in [-0.05, 0) is 30.6 Å². The van der Waals surface area contributed by atoms with Gasteiger partial charge in [-0.2, -0.15) is 0 Å². The second-order valence-corrected chi connectivity index (χ2v) is 4.97. The Kier molecular flexibility index (Phi) is 4.64. The Labute approximate surface area is 83.0 Å². The minimum atomic E-state index is -0.593. The Morgan fingerprint density at radius 1 is 1.38 bits per heavy atom. The first kappa shape index (κ1) is 11.4. The summed E-state index contributed by atoms with van der Waals surface area (Å²) in [4.78, 5) is 10.5. The van der Waals surface area contributed by atoms with Crippen LogP contribution in [0.4, 0.5) is 0 Å². The number of hydrogen-bond donors (Lipinski definition) is 0. The predicted octanol–water partition coefficient (Wildman–Crippen LogP) is 2.33. The molecule has 2 nitrogen and oxygen atoms in total. The van der Waals surface area contributed by atoms with Crippen LogP contribution in [-0.2, 0) is 4.52 Å². The average molecular weight is 203 g/mol. The van der Waals surface area contributed by atoms with E-state index in [4.69, 9.17) is 4.52 Å². The zero-order valence-corrected chi connectivity index (χ0v) is 9.75. The maximum absolute atomic E-state index is 10.5. The molecule has 0 aromatic heterocycles. The van der Waals surface area contributed by atoms with Crippen molar-refractivity contribution < 1.29 is 9.42 Å². The molecule has 0 radical (unpaired) electrons. The highest BCUT2D eigenvalue weighted by atomic mass is 31.1. The third-order valence-corrected chi connectivity index (χ3v) is 3.56. The van der Waals surface area contributed by atoms with Gasteiger partial charge in [0.25, 0.3) is 0 Å². The molecule has 1 saturated carbocycles. The Morgan fingerprint density at radius 2 is 2.08 bits per heavy atom. The molecule has 0 aromatic rings. The minimum absolute atomic E-state index is 0.236. The Hall–Kier alpha value is 0.350. The van der Waals surface area contributed by atoms with Gasteiger partial charge in [-0.3, -0.25) is 0 Å². The van der Waals surface area contributed by atoms with Crippen LogP contribution in [0.15, 0.2) is 0 Å². The summed E-state index contributed by atoms with van der Waals surface area (Å²) < 4.78 is 5.30. The fourth-order valence-corrected chi connectivity index (χ4v) is 2.71. The van der Waals surface area contributed by atoms with Crippen molar-refractivity contribution >= 4 is 9.03 Å². The smallest absolute Gasteiger partial charge is 0.0631 e. The van der Waals surface area contributed by atoms with Crippen LogP contribution in [-0.4, -0.2) is 6.10 Å². The first-order valence-electron chi connectivity index (χ1n) is 5.18. The molecule has 4 atom stereocenters. The van der Waals surface area contributed by atoms with Crippen molar-refractivity contribution in [1.82, 2.24) is 0 Å². The molecule has 0 amide bonds. The molecule has 1 fully saturated rings. The van der Waals surface area contributed by atoms with Crippen LogP contribution in [0, 0.1) is 17.8 Å². The summed E-state index contributed by atoms with van der Waals surface area (Å²) >= 11 is 0. The fourth-order valence-electron chi connectivity index (χ4n) is 2.31. The highest BCUT2D eigenvalue weighted by Crippen LogP contribution is 2.36. The zero-order valence-electron chi connectivity index (χ0n) is 8.75. The van der Waals surface area contributed by atoms with Gasteiger partial charge in [0.05, 0.1) is 6.10 Å². The van der Waals surface area contributed by atoms with Crippen LogP contribution in [0.3, 0.4) is 0 Å². The molecule has 0 N–H and O–H groups in total. The van der Waals surface area contributed by atoms with Gasteiger partial charge in [0.2, 0.25) is 0 Å². The Morgan fingerprint density at radius 3 is 2.62 bits per heavy atom. The molecule has 3 heteroatoms. The monoisotopic (exact) mass is 203 g/mol. The predicted molar refractivity (Wildman–Crippen MR) is 54.5 cm³/mol. The molecule has 4 unspecified atom stereocenters. The van der Waals surface area contributed by atoms with Crippen molar-refractivity contribution in [3.05, 3.63) is 0 Å². The van der Waals surface area contributed by atoms with E-state index in [-0.39, 0.29) is 6.10 Å². The van der Waals surface area contributed by atoms with E-state index in [2.05, 4.69) is 20.8 Å². The van der Waals surface area contributed by atoms with Crippen molar-refractivity contribution in [1.29, 1.82) is 0 Å². The second-order valence-electron chi connectivity index (χ2n) is 4.57. The Bertz CT molecular complexity index is 150. The van der Waals surface area contributed by atoms with E-state index in [1.165, 1.54) is 12.8 Å². The summed E-state index contributed by atoms with van der Waals surface area (Å²) in [5, 5.41) is 0. The molecular formula is C10H20O2P-. The molecule has 13 heavy (non-hydrogen) atoms. The summed E-state index contributed by atoms with van der Waals surface area (Å²) in [6.07, 6.45) is 3.84. The molecule has 0 heterocycles. The number of hydrogen-bond acceptors (Lipinski definition) is 2. The van der Waals surface area contributed by atoms with Gasteiger partial charge in [0.1, 0.15) is 0 Å². The van der Waals surface area contributed by atoms with Crippen LogP contribution in [0.5, 0.6) is 0 Å². The van der Waals surface area contributed by atoms with E-state index < -0.39 is 9.03 Å². The van der Waals surface area contributed by atoms with Crippen molar-refractivity contribution in [2.24, 2.45) is 17.8 Å². The molecule has 0 aromatic carbocycles. The topological polar surface area (TPSA) is 32.3 Å². The summed E-state index contributed by atoms with van der Waals surface area (Å²) in [6, 6.07) is 0. The molecule has 1 rings (SSSR count). The summed E-state index contributed by atoms with van der Waals surface area (Å²) in [5.41, 5.74) is 0. The van der Waals surface area contributed by atoms with E-state index in [9.17, 15) is 4.89 Å². The van der Waals surface area contributed by atoms with Gasteiger partial charge in [-0.1, -0.05) is 36.2 Å². The molecule has 1 aliphatic rings. The lowest BCUT2D eigenvalue weighted by Gasteiger charge is -2.37. The van der Waals surface area contributed by atoms with Crippen molar-refractivity contribution in [2.75, 3.05) is 0 Å². The van der Waals surface area contributed by atoms with Crippen molar-refractivity contribution in [3.8, 4) is 0 Å². The molecule has 0 saturated heterocycles. The van der Waals surface area contributed by atoms with E-state index in [0.717, 1.165) is 12.3 Å². The van der Waals surface area contributed by atoms with E-state index in [0.29, 0.717) is 11.8 Å². The molecule has 1 aliphatic carbocycles. The largest absolute Gasteiger partial charge is 0.810 e. The van der Waals surface area contributed by atoms with Gasteiger partial charge in [0, 0.05) is 0 Å². The van der Waals surface area contributed by atoms with E-state index in [1.807, 2.05) is 0 Å². The highest BCUT2D eigenvalue weighted by Gasteiger charge is 2.30. The standard InChI is InChI=1S/C10H20O2P/c1-7(2)9-5-4-8(3)6-10(9)12-13-11/h7-10,13H,4-6H2,1-3H3/q-1. The molecular weight excluding hydrogens is 183 g/mol. The first-order valence-corrected chi connectivity index (χ1v) is 5.99. The SMILES string of the molecule is CC1CCC(C(C)C)C(OP[O-])C1. The van der Waals surface area contributed by atoms with Crippen LogP contribution in [0.1, 0.15) is 40.0 Å². The van der Waals surface area contributed by atoms with E-state index >= 15 is 0 Å². The highest BCUT2D eigenvalue weighted by molar-refractivity contribution is 7.23. The average Bonchev–Trinajstić information content (AvgIpc) is 2.04. The van der Waals surface area contributed by atoms with Crippen LogP contribution in [0.2, 0.25) is 0 Å². The minimum Gasteiger partial charge on any atom is -0.810 e. The summed E-state index contributed by atoms with van der Waals surface area (Å²) in [5.74, 6) is 1.99. The fraction of sp³-hybridized carbons (Fsp3) is 1.00. The van der Waals surface area contributed by atoms with Crippen molar-refractivity contribution in [2.45, 2.75) is 46.1 Å². The maximum atomic E-state index is 10.5. The van der Waals surface area contributed by atoms with Gasteiger partial charge < -0.3 is 9.42 Å². The normalized spacial score (nSPS) is 36.2.